The van der Waals surface area contributed by atoms with Crippen molar-refractivity contribution in [2.75, 3.05) is 36.5 Å². The Bertz CT molecular complexity index is 507. The van der Waals surface area contributed by atoms with Crippen molar-refractivity contribution < 1.29 is 13.2 Å². The van der Waals surface area contributed by atoms with Crippen LogP contribution in [-0.4, -0.2) is 42.1 Å². The van der Waals surface area contributed by atoms with Crippen molar-refractivity contribution in [1.29, 1.82) is 0 Å². The van der Waals surface area contributed by atoms with Gasteiger partial charge >= 0.3 is 6.18 Å². The average Bonchev–Trinajstić information content (AvgIpc) is 3.30. The number of halogens is 3. The molecular weight excluding hydrogens is 283 g/mol. The molecule has 8 heteroatoms. The predicted molar refractivity (Wildman–Crippen MR) is 73.9 cm³/mol. The third-order valence-corrected chi connectivity index (χ3v) is 3.99. The number of anilines is 2. The molecule has 1 saturated heterocycles. The van der Waals surface area contributed by atoms with Gasteiger partial charge in [-0.2, -0.15) is 13.2 Å². The van der Waals surface area contributed by atoms with Gasteiger partial charge in [-0.3, -0.25) is 4.90 Å². The summed E-state index contributed by atoms with van der Waals surface area (Å²) in [6, 6.07) is 2.69. The zero-order chi connectivity index (χ0) is 15.0. The second kappa shape index (κ2) is 5.34. The van der Waals surface area contributed by atoms with Crippen molar-refractivity contribution in [3.63, 3.8) is 0 Å². The van der Waals surface area contributed by atoms with Gasteiger partial charge < -0.3 is 10.3 Å². The number of pyridine rings is 1. The molecule has 0 radical (unpaired) electrons. The molecule has 2 aliphatic rings. The number of hydrogen-bond donors (Lipinski definition) is 2. The summed E-state index contributed by atoms with van der Waals surface area (Å²) >= 11 is 0. The molecule has 1 aliphatic heterocycles. The van der Waals surface area contributed by atoms with E-state index in [1.165, 1.54) is 12.8 Å². The van der Waals surface area contributed by atoms with E-state index in [4.69, 9.17) is 5.84 Å². The number of nitrogens with one attached hydrogen (secondary N) is 1. The van der Waals surface area contributed by atoms with E-state index in [-0.39, 0.29) is 5.82 Å². The number of hydrogen-bond acceptors (Lipinski definition) is 5. The van der Waals surface area contributed by atoms with Crippen LogP contribution < -0.4 is 16.2 Å². The van der Waals surface area contributed by atoms with Crippen molar-refractivity contribution in [3.05, 3.63) is 17.7 Å². The van der Waals surface area contributed by atoms with Gasteiger partial charge in [-0.05, 0) is 25.0 Å². The zero-order valence-electron chi connectivity index (χ0n) is 11.5. The molecule has 0 unspecified atom stereocenters. The lowest BCUT2D eigenvalue weighted by molar-refractivity contribution is -0.137. The molecule has 0 spiro atoms. The molecule has 1 aromatic heterocycles. The Morgan fingerprint density at radius 2 is 1.81 bits per heavy atom. The molecular formula is C13H18F3N5. The number of nitrogens with zero attached hydrogens (tertiary/aromatic N) is 3. The number of piperazine rings is 1. The first-order valence-corrected chi connectivity index (χ1v) is 7.02. The summed E-state index contributed by atoms with van der Waals surface area (Å²) in [6.45, 7) is 3.12. The standard InChI is InChI=1S/C13H18F3N5/c14-13(15,16)9-7-11(19-17)18-12(8-9)21-5-3-20(4-6-21)10-1-2-10/h7-8,10H,1-6,17H2,(H,18,19). The summed E-state index contributed by atoms with van der Waals surface area (Å²) in [4.78, 5) is 8.42. The van der Waals surface area contributed by atoms with E-state index >= 15 is 0 Å². The van der Waals surface area contributed by atoms with Crippen molar-refractivity contribution in [1.82, 2.24) is 9.88 Å². The van der Waals surface area contributed by atoms with Crippen molar-refractivity contribution in [3.8, 4) is 0 Å². The van der Waals surface area contributed by atoms with E-state index in [0.717, 1.165) is 25.2 Å². The normalized spacial score (nSPS) is 20.7. The molecule has 3 rings (SSSR count). The Hall–Kier alpha value is -1.54. The molecule has 0 bridgehead atoms. The maximum absolute atomic E-state index is 12.9. The van der Waals surface area contributed by atoms with Gasteiger partial charge in [-0.1, -0.05) is 0 Å². The fourth-order valence-corrected chi connectivity index (χ4v) is 2.67. The maximum atomic E-state index is 12.9. The highest BCUT2D eigenvalue weighted by Crippen LogP contribution is 2.33. The molecule has 1 aliphatic carbocycles. The summed E-state index contributed by atoms with van der Waals surface area (Å²) < 4.78 is 38.7. The fraction of sp³-hybridized carbons (Fsp3) is 0.615. The lowest BCUT2D eigenvalue weighted by Crippen LogP contribution is -2.47. The molecule has 5 nitrogen and oxygen atoms in total. The van der Waals surface area contributed by atoms with Crippen LogP contribution in [0.15, 0.2) is 12.1 Å². The van der Waals surface area contributed by atoms with Crippen LogP contribution >= 0.6 is 0 Å². The van der Waals surface area contributed by atoms with Gasteiger partial charge in [0.25, 0.3) is 0 Å². The van der Waals surface area contributed by atoms with Gasteiger partial charge in [0.05, 0.1) is 5.56 Å². The highest BCUT2D eigenvalue weighted by atomic mass is 19.4. The monoisotopic (exact) mass is 301 g/mol. The quantitative estimate of drug-likeness (QED) is 0.657. The molecule has 2 fully saturated rings. The maximum Gasteiger partial charge on any atom is 0.416 e. The zero-order valence-corrected chi connectivity index (χ0v) is 11.5. The summed E-state index contributed by atoms with van der Waals surface area (Å²) in [5, 5.41) is 0. The van der Waals surface area contributed by atoms with E-state index in [1.807, 2.05) is 4.90 Å². The third-order valence-electron chi connectivity index (χ3n) is 3.99. The lowest BCUT2D eigenvalue weighted by Gasteiger charge is -2.35. The molecule has 3 N–H and O–H groups in total. The van der Waals surface area contributed by atoms with E-state index in [2.05, 4.69) is 15.3 Å². The minimum Gasteiger partial charge on any atom is -0.354 e. The SMILES string of the molecule is NNc1cc(C(F)(F)F)cc(N2CCN(C3CC3)CC2)n1. The number of nitrogen functional groups attached to an aromatic ring is 1. The number of nitrogens with two attached hydrogens (primary N) is 1. The Balaban J connectivity index is 1.78. The van der Waals surface area contributed by atoms with Crippen molar-refractivity contribution >= 4 is 11.6 Å². The van der Waals surface area contributed by atoms with Gasteiger partial charge in [-0.25, -0.2) is 10.8 Å². The predicted octanol–water partition coefficient (Wildman–Crippen LogP) is 1.67. The first-order valence-electron chi connectivity index (χ1n) is 7.02. The third kappa shape index (κ3) is 3.21. The number of aromatic nitrogens is 1. The first-order chi connectivity index (χ1) is 9.97. The summed E-state index contributed by atoms with van der Waals surface area (Å²) in [7, 11) is 0. The highest BCUT2D eigenvalue weighted by Gasteiger charge is 2.34. The smallest absolute Gasteiger partial charge is 0.354 e. The molecule has 116 valence electrons. The van der Waals surface area contributed by atoms with Crippen molar-refractivity contribution in [2.24, 2.45) is 5.84 Å². The number of rotatable bonds is 3. The van der Waals surface area contributed by atoms with Crippen LogP contribution in [0.25, 0.3) is 0 Å². The van der Waals surface area contributed by atoms with Crippen LogP contribution in [0.1, 0.15) is 18.4 Å². The van der Waals surface area contributed by atoms with Gasteiger partial charge in [-0.15, -0.1) is 0 Å². The number of hydrazine groups is 1. The molecule has 21 heavy (non-hydrogen) atoms. The summed E-state index contributed by atoms with van der Waals surface area (Å²) in [6.07, 6.45) is -1.93. The first kappa shape index (κ1) is 14.4. The number of alkyl halides is 3. The van der Waals surface area contributed by atoms with Crippen molar-refractivity contribution in [2.45, 2.75) is 25.1 Å². The Labute approximate surface area is 120 Å². The molecule has 2 heterocycles. The molecule has 0 aromatic carbocycles. The van der Waals surface area contributed by atoms with Gasteiger partial charge in [0.1, 0.15) is 11.6 Å². The highest BCUT2D eigenvalue weighted by molar-refractivity contribution is 5.51. The van der Waals surface area contributed by atoms with Gasteiger partial charge in [0.2, 0.25) is 0 Å². The molecule has 1 aromatic rings. The van der Waals surface area contributed by atoms with E-state index in [9.17, 15) is 13.2 Å². The van der Waals surface area contributed by atoms with Crippen LogP contribution in [-0.2, 0) is 6.18 Å². The van der Waals surface area contributed by atoms with Crippen LogP contribution in [0.3, 0.4) is 0 Å². The Morgan fingerprint density at radius 1 is 1.14 bits per heavy atom. The topological polar surface area (TPSA) is 57.4 Å². The van der Waals surface area contributed by atoms with Crippen LogP contribution in [0.4, 0.5) is 24.8 Å². The van der Waals surface area contributed by atoms with E-state index in [1.54, 1.807) is 0 Å². The minimum absolute atomic E-state index is 0.0319. The molecule has 1 saturated carbocycles. The van der Waals surface area contributed by atoms with Crippen LogP contribution in [0, 0.1) is 0 Å². The molecule has 0 atom stereocenters. The lowest BCUT2D eigenvalue weighted by atomic mass is 10.2. The summed E-state index contributed by atoms with van der Waals surface area (Å²) in [5.41, 5.74) is 1.48. The van der Waals surface area contributed by atoms with E-state index < -0.39 is 11.7 Å². The van der Waals surface area contributed by atoms with Gasteiger partial charge in [0.15, 0.2) is 0 Å². The average molecular weight is 301 g/mol. The Morgan fingerprint density at radius 3 is 2.33 bits per heavy atom. The minimum atomic E-state index is -4.40. The Kier molecular flexibility index (Phi) is 3.66. The second-order valence-electron chi connectivity index (χ2n) is 5.50. The molecule has 0 amide bonds. The van der Waals surface area contributed by atoms with Crippen LogP contribution in [0.5, 0.6) is 0 Å². The second-order valence-corrected chi connectivity index (χ2v) is 5.50. The van der Waals surface area contributed by atoms with Crippen LogP contribution in [0.2, 0.25) is 0 Å². The fourth-order valence-electron chi connectivity index (χ4n) is 2.67. The largest absolute Gasteiger partial charge is 0.416 e. The summed E-state index contributed by atoms with van der Waals surface area (Å²) in [5.74, 6) is 5.58. The van der Waals surface area contributed by atoms with Gasteiger partial charge in [0, 0.05) is 32.2 Å². The van der Waals surface area contributed by atoms with E-state index in [0.29, 0.717) is 24.9 Å².